The highest BCUT2D eigenvalue weighted by Gasteiger charge is 2.24. The van der Waals surface area contributed by atoms with Crippen LogP contribution in [0.25, 0.3) is 0 Å². The topological polar surface area (TPSA) is 158 Å². The summed E-state index contributed by atoms with van der Waals surface area (Å²) in [6, 6.07) is 8.15. The Bertz CT molecular complexity index is 1290. The predicted molar refractivity (Wildman–Crippen MR) is 174 cm³/mol. The van der Waals surface area contributed by atoms with Crippen molar-refractivity contribution in [2.45, 2.75) is 105 Å². The molecule has 0 atom stereocenters. The number of Topliss-reactive ketones (excluding diaryl/α,β-unsaturated/α-hetero) is 2. The van der Waals surface area contributed by atoms with E-state index in [2.05, 4.69) is 13.8 Å². The number of unbranched alkanes of at least 4 members (excludes halogenated alkanes) is 8. The number of ether oxygens (including phenoxy) is 4. The Labute approximate surface area is 281 Å². The molecule has 0 saturated carbocycles. The minimum atomic E-state index is -1.18. The minimum Gasteiger partial charge on any atom is -0.456 e. The van der Waals surface area contributed by atoms with Gasteiger partial charge < -0.3 is 18.9 Å². The first-order chi connectivity index (χ1) is 23.1. The molecule has 0 spiro atoms. The highest BCUT2D eigenvalue weighted by Crippen LogP contribution is 2.26. The van der Waals surface area contributed by atoms with Crippen molar-refractivity contribution in [3.63, 3.8) is 0 Å². The molecular weight excluding hydrogens is 624 g/mol. The Kier molecular flexibility index (Phi) is 18.0. The van der Waals surface area contributed by atoms with E-state index in [-0.39, 0.29) is 58.2 Å². The van der Waals surface area contributed by atoms with Crippen molar-refractivity contribution < 1.29 is 57.5 Å². The Morgan fingerprint density at radius 2 is 0.896 bits per heavy atom. The van der Waals surface area contributed by atoms with Crippen LogP contribution in [0.3, 0.4) is 0 Å². The van der Waals surface area contributed by atoms with Crippen LogP contribution in [0, 0.1) is 0 Å². The third-order valence-electron chi connectivity index (χ3n) is 7.20. The van der Waals surface area contributed by atoms with Gasteiger partial charge in [0.25, 0.3) is 0 Å². The lowest BCUT2D eigenvalue weighted by Crippen LogP contribution is -2.17. The molecule has 48 heavy (non-hydrogen) atoms. The zero-order chi connectivity index (χ0) is 35.3. The summed E-state index contributed by atoms with van der Waals surface area (Å²) in [6.07, 6.45) is 10.0. The van der Waals surface area contributed by atoms with Gasteiger partial charge in [0.1, 0.15) is 22.6 Å². The standard InChI is InChI=1S/C36H46O12/c1-5-7-9-11-13-15-31(39)27-17-19-33(45-23-43-25(3)37)29(21-27)35(41)47-48-36(42)30-22-28(32(40)16-14-12-10-8-6-2)18-20-34(30)46-24-44-26(4)38/h17-22H,5-16,23-24H2,1-4H3. The molecule has 262 valence electrons. The average molecular weight is 671 g/mol. The molecule has 2 rings (SSSR count). The molecular formula is C36H46O12. The predicted octanol–water partition coefficient (Wildman–Crippen LogP) is 7.50. The lowest BCUT2D eigenvalue weighted by atomic mass is 10.0. The van der Waals surface area contributed by atoms with Crippen LogP contribution in [0.4, 0.5) is 0 Å². The smallest absolute Gasteiger partial charge is 0.390 e. The Morgan fingerprint density at radius 1 is 0.521 bits per heavy atom. The summed E-state index contributed by atoms with van der Waals surface area (Å²) >= 11 is 0. The quantitative estimate of drug-likeness (QED) is 0.0304. The van der Waals surface area contributed by atoms with E-state index in [1.54, 1.807) is 0 Å². The van der Waals surface area contributed by atoms with Crippen LogP contribution < -0.4 is 9.47 Å². The van der Waals surface area contributed by atoms with Crippen LogP contribution >= 0.6 is 0 Å². The number of hydrogen-bond donors (Lipinski definition) is 0. The second kappa shape index (κ2) is 21.9. The summed E-state index contributed by atoms with van der Waals surface area (Å²) in [6.45, 7) is 5.51. The highest BCUT2D eigenvalue weighted by atomic mass is 17.2. The molecule has 0 bridgehead atoms. The van der Waals surface area contributed by atoms with Crippen LogP contribution in [-0.2, 0) is 28.8 Å². The van der Waals surface area contributed by atoms with Gasteiger partial charge in [0.15, 0.2) is 11.6 Å². The Morgan fingerprint density at radius 3 is 1.25 bits per heavy atom. The molecule has 0 N–H and O–H groups in total. The molecule has 0 saturated heterocycles. The van der Waals surface area contributed by atoms with Crippen LogP contribution in [-0.4, -0.2) is 49.0 Å². The largest absolute Gasteiger partial charge is 0.456 e. The minimum absolute atomic E-state index is 0.0891. The molecule has 0 amide bonds. The molecule has 2 aromatic carbocycles. The van der Waals surface area contributed by atoms with E-state index in [0.717, 1.165) is 51.4 Å². The number of hydrogen-bond acceptors (Lipinski definition) is 12. The van der Waals surface area contributed by atoms with Crippen LogP contribution in [0.2, 0.25) is 0 Å². The highest BCUT2D eigenvalue weighted by molar-refractivity contribution is 6.02. The second-order valence-electron chi connectivity index (χ2n) is 11.1. The summed E-state index contributed by atoms with van der Waals surface area (Å²) in [5.41, 5.74) is -0.0911. The lowest BCUT2D eigenvalue weighted by Gasteiger charge is -2.13. The van der Waals surface area contributed by atoms with Gasteiger partial charge in [-0.15, -0.1) is 0 Å². The SMILES string of the molecule is CCCCCCCC(=O)c1ccc(OCOC(C)=O)c(C(=O)OOC(=O)c2cc(C(=O)CCCCCCC)ccc2OCOC(C)=O)c1. The summed E-state index contributed by atoms with van der Waals surface area (Å²) in [5, 5.41) is 0. The average Bonchev–Trinajstić information content (AvgIpc) is 3.06. The van der Waals surface area contributed by atoms with E-state index in [0.29, 0.717) is 12.8 Å². The van der Waals surface area contributed by atoms with Gasteiger partial charge in [-0.25, -0.2) is 19.4 Å². The fraction of sp³-hybridized carbons (Fsp3) is 0.500. The Balaban J connectivity index is 2.24. The van der Waals surface area contributed by atoms with E-state index in [1.165, 1.54) is 50.2 Å². The van der Waals surface area contributed by atoms with E-state index in [1.807, 2.05) is 0 Å². The van der Waals surface area contributed by atoms with Crippen molar-refractivity contribution in [3.05, 3.63) is 58.7 Å². The first-order valence-corrected chi connectivity index (χ1v) is 16.4. The molecule has 0 aliphatic heterocycles. The van der Waals surface area contributed by atoms with Gasteiger partial charge >= 0.3 is 23.9 Å². The maximum atomic E-state index is 13.2. The first kappa shape index (κ1) is 39.4. The summed E-state index contributed by atoms with van der Waals surface area (Å²) in [4.78, 5) is 84.2. The molecule has 12 heteroatoms. The number of carbonyl (C=O) groups is 6. The van der Waals surface area contributed by atoms with Crippen LogP contribution in [0.15, 0.2) is 36.4 Å². The molecule has 0 unspecified atom stereocenters. The summed E-state index contributed by atoms with van der Waals surface area (Å²) in [5.74, 6) is -4.18. The fourth-order valence-electron chi connectivity index (χ4n) is 4.56. The molecule has 0 aliphatic carbocycles. The number of ketones is 2. The third-order valence-corrected chi connectivity index (χ3v) is 7.20. The normalized spacial score (nSPS) is 10.5. The molecule has 0 heterocycles. The molecule has 0 fully saturated rings. The maximum Gasteiger partial charge on any atom is 0.390 e. The number of benzene rings is 2. The summed E-state index contributed by atoms with van der Waals surface area (Å²) < 4.78 is 20.4. The van der Waals surface area contributed by atoms with Crippen molar-refractivity contribution >= 4 is 35.4 Å². The zero-order valence-corrected chi connectivity index (χ0v) is 28.3. The number of rotatable bonds is 22. The molecule has 0 aromatic heterocycles. The van der Waals surface area contributed by atoms with Crippen molar-refractivity contribution in [1.82, 2.24) is 0 Å². The van der Waals surface area contributed by atoms with E-state index in [4.69, 9.17) is 28.7 Å². The van der Waals surface area contributed by atoms with Gasteiger partial charge in [0.2, 0.25) is 13.6 Å². The van der Waals surface area contributed by atoms with Gasteiger partial charge in [-0.2, -0.15) is 0 Å². The van der Waals surface area contributed by atoms with Gasteiger partial charge in [-0.05, 0) is 49.2 Å². The van der Waals surface area contributed by atoms with Gasteiger partial charge in [-0.3, -0.25) is 19.2 Å². The second-order valence-corrected chi connectivity index (χ2v) is 11.1. The van der Waals surface area contributed by atoms with Crippen molar-refractivity contribution in [2.24, 2.45) is 0 Å². The fourth-order valence-corrected chi connectivity index (χ4v) is 4.56. The van der Waals surface area contributed by atoms with Crippen molar-refractivity contribution in [1.29, 1.82) is 0 Å². The molecule has 2 aromatic rings. The number of carbonyl (C=O) groups excluding carboxylic acids is 6. The third kappa shape index (κ3) is 14.4. The zero-order valence-electron chi connectivity index (χ0n) is 28.3. The molecule has 0 aliphatic rings. The van der Waals surface area contributed by atoms with E-state index >= 15 is 0 Å². The number of esters is 2. The maximum absolute atomic E-state index is 13.2. The van der Waals surface area contributed by atoms with Crippen LogP contribution in [0.1, 0.15) is 146 Å². The monoisotopic (exact) mass is 670 g/mol. The summed E-state index contributed by atoms with van der Waals surface area (Å²) in [7, 11) is 0. The van der Waals surface area contributed by atoms with Gasteiger partial charge in [0, 0.05) is 37.8 Å². The Hall–Kier alpha value is -4.74. The molecule has 0 radical (unpaired) electrons. The van der Waals surface area contributed by atoms with E-state index in [9.17, 15) is 28.8 Å². The van der Waals surface area contributed by atoms with Crippen molar-refractivity contribution in [3.8, 4) is 11.5 Å². The van der Waals surface area contributed by atoms with Gasteiger partial charge in [-0.1, -0.05) is 65.2 Å². The lowest BCUT2D eigenvalue weighted by molar-refractivity contribution is -0.187. The van der Waals surface area contributed by atoms with Gasteiger partial charge in [0.05, 0.1) is 0 Å². The first-order valence-electron chi connectivity index (χ1n) is 16.4. The van der Waals surface area contributed by atoms with E-state index < -0.39 is 37.5 Å². The molecule has 12 nitrogen and oxygen atoms in total. The van der Waals surface area contributed by atoms with Crippen molar-refractivity contribution in [2.75, 3.05) is 13.6 Å². The van der Waals surface area contributed by atoms with Crippen LogP contribution in [0.5, 0.6) is 11.5 Å².